The highest BCUT2D eigenvalue weighted by molar-refractivity contribution is 6.03. The number of rotatable bonds is 6. The van der Waals surface area contributed by atoms with Crippen molar-refractivity contribution in [3.8, 4) is 0 Å². The summed E-state index contributed by atoms with van der Waals surface area (Å²) in [7, 11) is 1.72. The second-order valence-electron chi connectivity index (χ2n) is 6.01. The van der Waals surface area contributed by atoms with Gasteiger partial charge in [0.15, 0.2) is 5.69 Å². The highest BCUT2D eigenvalue weighted by Gasteiger charge is 2.16. The number of anilines is 2. The molecule has 0 bridgehead atoms. The summed E-state index contributed by atoms with van der Waals surface area (Å²) in [6.45, 7) is 1.34. The molecule has 0 atom stereocenters. The van der Waals surface area contributed by atoms with Gasteiger partial charge in [-0.1, -0.05) is 0 Å². The third-order valence-electron chi connectivity index (χ3n) is 3.80. The number of nitrogens with zero attached hydrogens (tertiary/aromatic N) is 5. The van der Waals surface area contributed by atoms with Crippen LogP contribution in [0.5, 0.6) is 0 Å². The van der Waals surface area contributed by atoms with Gasteiger partial charge in [0, 0.05) is 24.6 Å². The Balaban J connectivity index is 1.57. The lowest BCUT2D eigenvalue weighted by Gasteiger charge is -2.07. The maximum absolute atomic E-state index is 12.1. The van der Waals surface area contributed by atoms with Crippen LogP contribution in [0.2, 0.25) is 0 Å². The first-order valence-electron chi connectivity index (χ1n) is 8.21. The van der Waals surface area contributed by atoms with Crippen LogP contribution in [0.1, 0.15) is 16.2 Å². The number of benzene rings is 1. The first kappa shape index (κ1) is 18.8. The standard InChI is InChI=1S/C17H17N7O4/c1-11-15(24(27)28)9-23(20-11)10-16(25)18-12-3-5-13(6-4-12)19-17(26)14-7-8-22(2)21-14/h3-9H,10H2,1-2H3,(H,18,25)(H,19,26). The third-order valence-corrected chi connectivity index (χ3v) is 3.80. The zero-order valence-electron chi connectivity index (χ0n) is 15.1. The molecule has 0 saturated heterocycles. The summed E-state index contributed by atoms with van der Waals surface area (Å²) >= 11 is 0. The first-order chi connectivity index (χ1) is 13.3. The van der Waals surface area contributed by atoms with E-state index in [1.807, 2.05) is 0 Å². The maximum atomic E-state index is 12.1. The lowest BCUT2D eigenvalue weighted by atomic mass is 10.2. The molecule has 0 fully saturated rings. The van der Waals surface area contributed by atoms with Crippen molar-refractivity contribution in [2.24, 2.45) is 7.05 Å². The topological polar surface area (TPSA) is 137 Å². The lowest BCUT2D eigenvalue weighted by molar-refractivity contribution is -0.385. The van der Waals surface area contributed by atoms with Crippen LogP contribution >= 0.6 is 0 Å². The average Bonchev–Trinajstić information content (AvgIpc) is 3.22. The van der Waals surface area contributed by atoms with Gasteiger partial charge in [-0.15, -0.1) is 0 Å². The number of nitrogens with one attached hydrogen (secondary N) is 2. The van der Waals surface area contributed by atoms with Crippen molar-refractivity contribution in [1.29, 1.82) is 0 Å². The van der Waals surface area contributed by atoms with Crippen molar-refractivity contribution < 1.29 is 14.5 Å². The van der Waals surface area contributed by atoms with E-state index < -0.39 is 4.92 Å². The van der Waals surface area contributed by atoms with Gasteiger partial charge >= 0.3 is 5.69 Å². The minimum absolute atomic E-state index is 0.138. The van der Waals surface area contributed by atoms with Gasteiger partial charge in [0.2, 0.25) is 5.91 Å². The zero-order chi connectivity index (χ0) is 20.3. The van der Waals surface area contributed by atoms with Crippen molar-refractivity contribution >= 4 is 28.9 Å². The number of amides is 2. The zero-order valence-corrected chi connectivity index (χ0v) is 15.1. The fraction of sp³-hybridized carbons (Fsp3) is 0.176. The predicted octanol–water partition coefficient (Wildman–Crippen LogP) is 1.72. The molecule has 11 nitrogen and oxygen atoms in total. The quantitative estimate of drug-likeness (QED) is 0.491. The Morgan fingerprint density at radius 3 is 2.29 bits per heavy atom. The molecule has 3 aromatic rings. The Labute approximate surface area is 159 Å². The molecule has 2 aromatic heterocycles. The molecule has 2 amide bonds. The second kappa shape index (κ2) is 7.70. The van der Waals surface area contributed by atoms with Crippen LogP contribution in [0.3, 0.4) is 0 Å². The van der Waals surface area contributed by atoms with Crippen LogP contribution in [0.25, 0.3) is 0 Å². The Kier molecular flexibility index (Phi) is 5.16. The molecule has 0 spiro atoms. The molecule has 2 heterocycles. The Morgan fingerprint density at radius 1 is 1.11 bits per heavy atom. The summed E-state index contributed by atoms with van der Waals surface area (Å²) in [6, 6.07) is 8.13. The van der Waals surface area contributed by atoms with Crippen LogP contribution in [0.4, 0.5) is 17.1 Å². The number of carbonyl (C=O) groups excluding carboxylic acids is 2. The van der Waals surface area contributed by atoms with Crippen molar-refractivity contribution in [1.82, 2.24) is 19.6 Å². The predicted molar refractivity (Wildman–Crippen MR) is 99.9 cm³/mol. The number of hydrogen-bond acceptors (Lipinski definition) is 6. The molecule has 0 unspecified atom stereocenters. The molecule has 0 saturated carbocycles. The van der Waals surface area contributed by atoms with Gasteiger partial charge in [-0.3, -0.25) is 29.1 Å². The Bertz CT molecular complexity index is 1040. The fourth-order valence-corrected chi connectivity index (χ4v) is 2.48. The molecule has 3 rings (SSSR count). The number of hydrogen-bond donors (Lipinski definition) is 2. The van der Waals surface area contributed by atoms with Gasteiger partial charge in [-0.2, -0.15) is 10.2 Å². The minimum atomic E-state index is -0.547. The van der Waals surface area contributed by atoms with Gasteiger partial charge in [-0.25, -0.2) is 0 Å². The van der Waals surface area contributed by atoms with Crippen molar-refractivity contribution in [3.63, 3.8) is 0 Å². The van der Waals surface area contributed by atoms with E-state index in [-0.39, 0.29) is 29.7 Å². The normalized spacial score (nSPS) is 10.5. The molecular weight excluding hydrogens is 366 g/mol. The summed E-state index contributed by atoms with van der Waals surface area (Å²) in [5.74, 6) is -0.726. The number of aryl methyl sites for hydroxylation is 2. The highest BCUT2D eigenvalue weighted by atomic mass is 16.6. The van der Waals surface area contributed by atoms with Crippen molar-refractivity contribution in [2.45, 2.75) is 13.5 Å². The molecule has 2 N–H and O–H groups in total. The first-order valence-corrected chi connectivity index (χ1v) is 8.21. The van der Waals surface area contributed by atoms with Crippen LogP contribution in [-0.2, 0) is 18.4 Å². The monoisotopic (exact) mass is 383 g/mol. The third kappa shape index (κ3) is 4.38. The molecule has 1 aromatic carbocycles. The molecule has 0 aliphatic rings. The van der Waals surface area contributed by atoms with E-state index >= 15 is 0 Å². The van der Waals surface area contributed by atoms with Gasteiger partial charge in [0.05, 0.1) is 4.92 Å². The molecule has 28 heavy (non-hydrogen) atoms. The van der Waals surface area contributed by atoms with E-state index in [2.05, 4.69) is 20.8 Å². The number of nitro groups is 1. The molecule has 0 radical (unpaired) electrons. The number of aromatic nitrogens is 4. The lowest BCUT2D eigenvalue weighted by Crippen LogP contribution is -2.19. The summed E-state index contributed by atoms with van der Waals surface area (Å²) in [5, 5.41) is 24.2. The molecule has 144 valence electrons. The molecule has 0 aliphatic carbocycles. The number of carbonyl (C=O) groups is 2. The van der Waals surface area contributed by atoms with Crippen LogP contribution in [0.15, 0.2) is 42.7 Å². The second-order valence-corrected chi connectivity index (χ2v) is 6.01. The fourth-order valence-electron chi connectivity index (χ4n) is 2.48. The molecule has 0 aliphatic heterocycles. The largest absolute Gasteiger partial charge is 0.324 e. The van der Waals surface area contributed by atoms with Crippen molar-refractivity contribution in [2.75, 3.05) is 10.6 Å². The smallest absolute Gasteiger partial charge is 0.309 e. The van der Waals surface area contributed by atoms with Gasteiger partial charge < -0.3 is 10.6 Å². The van der Waals surface area contributed by atoms with E-state index in [1.165, 1.54) is 22.5 Å². The Morgan fingerprint density at radius 2 is 1.75 bits per heavy atom. The van der Waals surface area contributed by atoms with E-state index in [0.29, 0.717) is 17.1 Å². The maximum Gasteiger partial charge on any atom is 0.309 e. The van der Waals surface area contributed by atoms with Crippen LogP contribution < -0.4 is 10.6 Å². The van der Waals surface area contributed by atoms with E-state index in [0.717, 1.165) is 0 Å². The van der Waals surface area contributed by atoms with E-state index in [1.54, 1.807) is 43.6 Å². The van der Waals surface area contributed by atoms with Gasteiger partial charge in [-0.05, 0) is 37.3 Å². The highest BCUT2D eigenvalue weighted by Crippen LogP contribution is 2.16. The van der Waals surface area contributed by atoms with Crippen molar-refractivity contribution in [3.05, 3.63) is 64.2 Å². The molecule has 11 heteroatoms. The van der Waals surface area contributed by atoms with E-state index in [4.69, 9.17) is 0 Å². The Hall–Kier alpha value is -4.02. The van der Waals surface area contributed by atoms with Gasteiger partial charge in [0.1, 0.15) is 18.4 Å². The summed E-state index contributed by atoms with van der Waals surface area (Å²) < 4.78 is 2.74. The minimum Gasteiger partial charge on any atom is -0.324 e. The summed E-state index contributed by atoms with van der Waals surface area (Å²) in [5.41, 5.74) is 1.46. The summed E-state index contributed by atoms with van der Waals surface area (Å²) in [4.78, 5) is 34.4. The van der Waals surface area contributed by atoms with Crippen LogP contribution in [-0.4, -0.2) is 36.3 Å². The van der Waals surface area contributed by atoms with Gasteiger partial charge in [0.25, 0.3) is 5.91 Å². The van der Waals surface area contributed by atoms with Crippen LogP contribution in [0, 0.1) is 17.0 Å². The average molecular weight is 383 g/mol. The summed E-state index contributed by atoms with van der Waals surface area (Å²) in [6.07, 6.45) is 2.88. The molecular formula is C17H17N7O4. The van der Waals surface area contributed by atoms with E-state index in [9.17, 15) is 19.7 Å². The SMILES string of the molecule is Cc1nn(CC(=O)Nc2ccc(NC(=O)c3ccn(C)n3)cc2)cc1[N+](=O)[O-].